The van der Waals surface area contributed by atoms with E-state index in [0.717, 1.165) is 16.6 Å². The van der Waals surface area contributed by atoms with Crippen LogP contribution in [0.3, 0.4) is 0 Å². The summed E-state index contributed by atoms with van der Waals surface area (Å²) in [5, 5.41) is 0. The van der Waals surface area contributed by atoms with E-state index in [2.05, 4.69) is 21.4 Å². The van der Waals surface area contributed by atoms with Crippen LogP contribution >= 0.6 is 15.9 Å². The van der Waals surface area contributed by atoms with Crippen LogP contribution in [0.4, 0.5) is 0 Å². The van der Waals surface area contributed by atoms with Crippen molar-refractivity contribution in [3.05, 3.63) is 28.2 Å². The van der Waals surface area contributed by atoms with Gasteiger partial charge in [0, 0.05) is 7.11 Å². The van der Waals surface area contributed by atoms with Gasteiger partial charge >= 0.3 is 0 Å². The van der Waals surface area contributed by atoms with E-state index < -0.39 is 0 Å². The van der Waals surface area contributed by atoms with Gasteiger partial charge in [-0.05, 0) is 47.0 Å². The summed E-state index contributed by atoms with van der Waals surface area (Å²) in [7, 11) is 3.33. The lowest BCUT2D eigenvalue weighted by Gasteiger charge is -2.22. The van der Waals surface area contributed by atoms with Gasteiger partial charge in [0.1, 0.15) is 5.75 Å². The molecule has 0 spiro atoms. The first kappa shape index (κ1) is 14.4. The summed E-state index contributed by atoms with van der Waals surface area (Å²) in [6.07, 6.45) is 0.856. The average Bonchev–Trinajstić information content (AvgIpc) is 2.35. The van der Waals surface area contributed by atoms with Gasteiger partial charge in [-0.15, -0.1) is 0 Å². The van der Waals surface area contributed by atoms with Crippen LogP contribution in [-0.2, 0) is 11.2 Å². The summed E-state index contributed by atoms with van der Waals surface area (Å²) < 4.78 is 11.4. The monoisotopic (exact) mass is 302 g/mol. The number of hydrogen-bond acceptors (Lipinski definition) is 4. The maximum Gasteiger partial charge on any atom is 0.133 e. The molecule has 0 aromatic heterocycles. The van der Waals surface area contributed by atoms with Gasteiger partial charge in [0.15, 0.2) is 0 Å². The first-order valence-electron chi connectivity index (χ1n) is 5.43. The van der Waals surface area contributed by atoms with E-state index in [1.165, 1.54) is 5.56 Å². The van der Waals surface area contributed by atoms with Gasteiger partial charge in [0.2, 0.25) is 0 Å². The quantitative estimate of drug-likeness (QED) is 0.622. The molecule has 0 heterocycles. The van der Waals surface area contributed by atoms with Gasteiger partial charge in [0.05, 0.1) is 23.7 Å². The van der Waals surface area contributed by atoms with Crippen molar-refractivity contribution in [1.29, 1.82) is 0 Å². The van der Waals surface area contributed by atoms with Crippen LogP contribution in [0.15, 0.2) is 22.7 Å². The van der Waals surface area contributed by atoms with Crippen LogP contribution in [0.1, 0.15) is 12.5 Å². The van der Waals surface area contributed by atoms with Crippen LogP contribution < -0.4 is 16.0 Å². The third-order valence-corrected chi connectivity index (χ3v) is 3.44. The van der Waals surface area contributed by atoms with Crippen molar-refractivity contribution >= 4 is 15.9 Å². The molecule has 0 aliphatic carbocycles. The highest BCUT2D eigenvalue weighted by Crippen LogP contribution is 2.26. The highest BCUT2D eigenvalue weighted by molar-refractivity contribution is 9.10. The third-order valence-electron chi connectivity index (χ3n) is 2.82. The van der Waals surface area contributed by atoms with E-state index in [0.29, 0.717) is 0 Å². The van der Waals surface area contributed by atoms with Gasteiger partial charge in [-0.3, -0.25) is 11.3 Å². The minimum absolute atomic E-state index is 0.0564. The predicted octanol–water partition coefficient (Wildman–Crippen LogP) is 1.87. The molecule has 5 heteroatoms. The topological polar surface area (TPSA) is 56.5 Å². The fraction of sp³-hybridized carbons (Fsp3) is 0.500. The molecule has 0 saturated heterocycles. The lowest BCUT2D eigenvalue weighted by molar-refractivity contribution is 0.0831. The van der Waals surface area contributed by atoms with Crippen molar-refractivity contribution in [1.82, 2.24) is 5.43 Å². The number of rotatable bonds is 6. The van der Waals surface area contributed by atoms with Crippen molar-refractivity contribution < 1.29 is 9.47 Å². The molecule has 3 N–H and O–H groups in total. The maximum absolute atomic E-state index is 5.52. The van der Waals surface area contributed by atoms with Crippen LogP contribution in [0.5, 0.6) is 5.75 Å². The first-order chi connectivity index (χ1) is 8.12. The van der Waals surface area contributed by atoms with Crippen molar-refractivity contribution in [2.24, 2.45) is 5.84 Å². The van der Waals surface area contributed by atoms with E-state index >= 15 is 0 Å². The highest BCUT2D eigenvalue weighted by atomic mass is 79.9. The lowest BCUT2D eigenvalue weighted by atomic mass is 10.0. The van der Waals surface area contributed by atoms with E-state index in [1.54, 1.807) is 14.2 Å². The molecule has 2 unspecified atom stereocenters. The average molecular weight is 303 g/mol. The third kappa shape index (κ3) is 3.96. The zero-order valence-corrected chi connectivity index (χ0v) is 12.0. The minimum atomic E-state index is 0.0564. The number of benzene rings is 1. The zero-order valence-electron chi connectivity index (χ0n) is 10.4. The smallest absolute Gasteiger partial charge is 0.133 e. The second-order valence-electron chi connectivity index (χ2n) is 3.89. The number of ether oxygens (including phenoxy) is 2. The Morgan fingerprint density at radius 2 is 2.12 bits per heavy atom. The molecular formula is C12H19BrN2O2. The normalized spacial score (nSPS) is 14.4. The van der Waals surface area contributed by atoms with Crippen molar-refractivity contribution in [2.45, 2.75) is 25.5 Å². The SMILES string of the molecule is COc1ccc(CC(NN)C(C)OC)cc1Br. The second-order valence-corrected chi connectivity index (χ2v) is 4.74. The number of hydrogen-bond donors (Lipinski definition) is 2. The Labute approximate surface area is 111 Å². The first-order valence-corrected chi connectivity index (χ1v) is 6.23. The highest BCUT2D eigenvalue weighted by Gasteiger charge is 2.16. The van der Waals surface area contributed by atoms with Crippen molar-refractivity contribution in [3.8, 4) is 5.75 Å². The number of methoxy groups -OCH3 is 2. The fourth-order valence-corrected chi connectivity index (χ4v) is 2.20. The standard InChI is InChI=1S/C12H19BrN2O2/c1-8(16-2)11(15-14)7-9-4-5-12(17-3)10(13)6-9/h4-6,8,11,15H,7,14H2,1-3H3. The Bertz CT molecular complexity index is 360. The Balaban J connectivity index is 2.76. The summed E-state index contributed by atoms with van der Waals surface area (Å²) in [4.78, 5) is 0. The van der Waals surface area contributed by atoms with E-state index in [4.69, 9.17) is 15.3 Å². The van der Waals surface area contributed by atoms with Crippen LogP contribution in [0, 0.1) is 0 Å². The summed E-state index contributed by atoms with van der Waals surface area (Å²) in [6.45, 7) is 1.99. The predicted molar refractivity (Wildman–Crippen MR) is 72.0 cm³/mol. The molecule has 1 rings (SSSR count). The largest absolute Gasteiger partial charge is 0.496 e. The summed E-state index contributed by atoms with van der Waals surface area (Å²) >= 11 is 3.47. The van der Waals surface area contributed by atoms with Gasteiger partial charge in [-0.1, -0.05) is 6.07 Å². The number of nitrogens with two attached hydrogens (primary N) is 1. The number of hydrazine groups is 1. The Hall–Kier alpha value is -0.620. The minimum Gasteiger partial charge on any atom is -0.496 e. The molecule has 2 atom stereocenters. The second kappa shape index (κ2) is 6.96. The Morgan fingerprint density at radius 3 is 2.59 bits per heavy atom. The zero-order chi connectivity index (χ0) is 12.8. The van der Waals surface area contributed by atoms with Gasteiger partial charge < -0.3 is 9.47 Å². The lowest BCUT2D eigenvalue weighted by Crippen LogP contribution is -2.45. The molecule has 0 saturated carbocycles. The molecule has 4 nitrogen and oxygen atoms in total. The molecule has 0 fully saturated rings. The molecule has 17 heavy (non-hydrogen) atoms. The molecule has 0 aliphatic rings. The van der Waals surface area contributed by atoms with Crippen molar-refractivity contribution in [2.75, 3.05) is 14.2 Å². The molecule has 0 aliphatic heterocycles. The number of halogens is 1. The Morgan fingerprint density at radius 1 is 1.41 bits per heavy atom. The molecule has 1 aromatic rings. The van der Waals surface area contributed by atoms with Crippen LogP contribution in [0.2, 0.25) is 0 Å². The fourth-order valence-electron chi connectivity index (χ4n) is 1.62. The summed E-state index contributed by atoms with van der Waals surface area (Å²) in [5.74, 6) is 6.35. The van der Waals surface area contributed by atoms with E-state index in [9.17, 15) is 0 Å². The van der Waals surface area contributed by atoms with Crippen molar-refractivity contribution in [3.63, 3.8) is 0 Å². The van der Waals surface area contributed by atoms with Gasteiger partial charge in [-0.2, -0.15) is 0 Å². The molecule has 0 bridgehead atoms. The molecule has 0 amide bonds. The number of nitrogens with one attached hydrogen (secondary N) is 1. The van der Waals surface area contributed by atoms with E-state index in [1.807, 2.05) is 25.1 Å². The molecule has 96 valence electrons. The van der Waals surface area contributed by atoms with Gasteiger partial charge in [-0.25, -0.2) is 0 Å². The molecular weight excluding hydrogens is 284 g/mol. The van der Waals surface area contributed by atoms with E-state index in [-0.39, 0.29) is 12.1 Å². The Kier molecular flexibility index (Phi) is 5.91. The van der Waals surface area contributed by atoms with Gasteiger partial charge in [0.25, 0.3) is 0 Å². The van der Waals surface area contributed by atoms with Crippen LogP contribution in [0.25, 0.3) is 0 Å². The summed E-state index contributed by atoms with van der Waals surface area (Å²) in [5.41, 5.74) is 3.95. The summed E-state index contributed by atoms with van der Waals surface area (Å²) in [6, 6.07) is 6.08. The molecule has 0 radical (unpaired) electrons. The van der Waals surface area contributed by atoms with Crippen LogP contribution in [-0.4, -0.2) is 26.4 Å². The molecule has 1 aromatic carbocycles. The maximum atomic E-state index is 5.52.